The lowest BCUT2D eigenvalue weighted by Crippen LogP contribution is -2.30. The van der Waals surface area contributed by atoms with Crippen LogP contribution in [0.1, 0.15) is 20.3 Å². The van der Waals surface area contributed by atoms with Crippen LogP contribution in [0, 0.1) is 5.92 Å². The quantitative estimate of drug-likeness (QED) is 0.709. The number of hydrogen-bond acceptors (Lipinski definition) is 4. The standard InChI is InChI=1S/C10H18O4/c1-10(2)4-6-7(5-11)13-9(12-3)8(6)14-10/h6-9,11H,4-5H2,1-3H3/t6-,7-,8-,9-/m1/s1. The fourth-order valence-electron chi connectivity index (χ4n) is 2.51. The molecule has 2 rings (SSSR count). The van der Waals surface area contributed by atoms with E-state index in [1.165, 1.54) is 0 Å². The van der Waals surface area contributed by atoms with Crippen LogP contribution >= 0.6 is 0 Å². The first kappa shape index (κ1) is 10.4. The molecule has 0 aromatic heterocycles. The van der Waals surface area contributed by atoms with Gasteiger partial charge in [0, 0.05) is 13.0 Å². The Labute approximate surface area is 84.1 Å². The van der Waals surface area contributed by atoms with Gasteiger partial charge in [0.05, 0.1) is 18.3 Å². The first-order chi connectivity index (χ1) is 6.57. The number of fused-ring (bicyclic) bond motifs is 1. The van der Waals surface area contributed by atoms with Gasteiger partial charge in [0.1, 0.15) is 6.10 Å². The molecule has 4 atom stereocenters. The predicted molar refractivity (Wildman–Crippen MR) is 49.8 cm³/mol. The average molecular weight is 202 g/mol. The van der Waals surface area contributed by atoms with Gasteiger partial charge in [-0.05, 0) is 20.3 Å². The second kappa shape index (κ2) is 3.45. The van der Waals surface area contributed by atoms with E-state index >= 15 is 0 Å². The summed E-state index contributed by atoms with van der Waals surface area (Å²) in [6, 6.07) is 0. The van der Waals surface area contributed by atoms with E-state index in [2.05, 4.69) is 13.8 Å². The van der Waals surface area contributed by atoms with Gasteiger partial charge in [-0.15, -0.1) is 0 Å². The molecule has 0 amide bonds. The van der Waals surface area contributed by atoms with E-state index < -0.39 is 0 Å². The number of aliphatic hydroxyl groups is 1. The highest BCUT2D eigenvalue weighted by Gasteiger charge is 2.53. The van der Waals surface area contributed by atoms with Crippen LogP contribution in [0.2, 0.25) is 0 Å². The SMILES string of the molecule is CO[C@@H]1O[C@H](CO)[C@H]2CC(C)(C)O[C@@H]12. The lowest BCUT2D eigenvalue weighted by Gasteiger charge is -2.23. The molecule has 0 bridgehead atoms. The fraction of sp³-hybridized carbons (Fsp3) is 1.00. The maximum atomic E-state index is 9.16. The lowest BCUT2D eigenvalue weighted by molar-refractivity contribution is -0.182. The van der Waals surface area contributed by atoms with Gasteiger partial charge in [-0.25, -0.2) is 0 Å². The van der Waals surface area contributed by atoms with Crippen molar-refractivity contribution in [3.63, 3.8) is 0 Å². The smallest absolute Gasteiger partial charge is 0.184 e. The van der Waals surface area contributed by atoms with Gasteiger partial charge in [-0.1, -0.05) is 0 Å². The van der Waals surface area contributed by atoms with Crippen LogP contribution < -0.4 is 0 Å². The molecule has 14 heavy (non-hydrogen) atoms. The Hall–Kier alpha value is -0.160. The van der Waals surface area contributed by atoms with Crippen LogP contribution in [0.15, 0.2) is 0 Å². The zero-order valence-electron chi connectivity index (χ0n) is 8.90. The molecule has 2 aliphatic heterocycles. The van der Waals surface area contributed by atoms with E-state index in [0.29, 0.717) is 0 Å². The molecule has 82 valence electrons. The highest BCUT2D eigenvalue weighted by Crippen LogP contribution is 2.44. The minimum atomic E-state index is -0.320. The second-order valence-electron chi connectivity index (χ2n) is 4.67. The van der Waals surface area contributed by atoms with Gasteiger partial charge in [-0.3, -0.25) is 0 Å². The summed E-state index contributed by atoms with van der Waals surface area (Å²) in [6.45, 7) is 4.17. The van der Waals surface area contributed by atoms with Crippen LogP contribution in [0.3, 0.4) is 0 Å². The predicted octanol–water partition coefficient (Wildman–Crippen LogP) is 0.534. The number of rotatable bonds is 2. The fourth-order valence-corrected chi connectivity index (χ4v) is 2.51. The summed E-state index contributed by atoms with van der Waals surface area (Å²) in [5.41, 5.74) is -0.122. The third kappa shape index (κ3) is 1.56. The molecule has 4 nitrogen and oxygen atoms in total. The summed E-state index contributed by atoms with van der Waals surface area (Å²) in [5, 5.41) is 9.16. The normalized spacial score (nSPS) is 45.4. The van der Waals surface area contributed by atoms with E-state index in [4.69, 9.17) is 19.3 Å². The van der Waals surface area contributed by atoms with Gasteiger partial charge < -0.3 is 19.3 Å². The molecule has 0 saturated carbocycles. The van der Waals surface area contributed by atoms with E-state index in [1.54, 1.807) is 7.11 Å². The zero-order chi connectivity index (χ0) is 10.3. The number of methoxy groups -OCH3 is 1. The minimum Gasteiger partial charge on any atom is -0.394 e. The Balaban J connectivity index is 2.12. The molecule has 0 unspecified atom stereocenters. The summed E-state index contributed by atoms with van der Waals surface area (Å²) in [4.78, 5) is 0. The van der Waals surface area contributed by atoms with Crippen molar-refractivity contribution < 1.29 is 19.3 Å². The molecule has 0 spiro atoms. The van der Waals surface area contributed by atoms with Crippen LogP contribution in [0.25, 0.3) is 0 Å². The molecule has 0 aromatic rings. The summed E-state index contributed by atoms with van der Waals surface area (Å²) in [6.07, 6.45) is 0.445. The van der Waals surface area contributed by atoms with Crippen molar-refractivity contribution >= 4 is 0 Å². The Morgan fingerprint density at radius 2 is 2.21 bits per heavy atom. The number of hydrogen-bond donors (Lipinski definition) is 1. The van der Waals surface area contributed by atoms with Crippen molar-refractivity contribution in [3.05, 3.63) is 0 Å². The van der Waals surface area contributed by atoms with Crippen LogP contribution in [0.5, 0.6) is 0 Å². The van der Waals surface area contributed by atoms with Crippen molar-refractivity contribution in [2.45, 2.75) is 44.4 Å². The Morgan fingerprint density at radius 1 is 1.50 bits per heavy atom. The first-order valence-electron chi connectivity index (χ1n) is 5.04. The molecular weight excluding hydrogens is 184 g/mol. The van der Waals surface area contributed by atoms with Crippen LogP contribution in [-0.2, 0) is 14.2 Å². The Morgan fingerprint density at radius 3 is 2.79 bits per heavy atom. The molecule has 1 N–H and O–H groups in total. The van der Waals surface area contributed by atoms with E-state index in [0.717, 1.165) is 6.42 Å². The molecule has 0 aliphatic carbocycles. The highest BCUT2D eigenvalue weighted by molar-refractivity contribution is 4.97. The van der Waals surface area contributed by atoms with Crippen molar-refractivity contribution in [1.82, 2.24) is 0 Å². The van der Waals surface area contributed by atoms with Gasteiger partial charge in [0.15, 0.2) is 6.29 Å². The van der Waals surface area contributed by atoms with Gasteiger partial charge >= 0.3 is 0 Å². The highest BCUT2D eigenvalue weighted by atomic mass is 16.7. The molecule has 0 radical (unpaired) electrons. The van der Waals surface area contributed by atoms with Gasteiger partial charge in [0.25, 0.3) is 0 Å². The maximum absolute atomic E-state index is 9.16. The topological polar surface area (TPSA) is 47.9 Å². The van der Waals surface area contributed by atoms with Crippen LogP contribution in [0.4, 0.5) is 0 Å². The third-order valence-electron chi connectivity index (χ3n) is 3.07. The van der Waals surface area contributed by atoms with Crippen molar-refractivity contribution in [3.8, 4) is 0 Å². The first-order valence-corrected chi connectivity index (χ1v) is 5.04. The molecular formula is C10H18O4. The molecule has 2 heterocycles. The lowest BCUT2D eigenvalue weighted by atomic mass is 9.91. The Kier molecular flexibility index (Phi) is 2.55. The van der Waals surface area contributed by atoms with Crippen molar-refractivity contribution in [1.29, 1.82) is 0 Å². The molecule has 0 aromatic carbocycles. The minimum absolute atomic E-state index is 0.0212. The van der Waals surface area contributed by atoms with E-state index in [-0.39, 0.29) is 36.6 Å². The monoisotopic (exact) mass is 202 g/mol. The summed E-state index contributed by atoms with van der Waals surface area (Å²) < 4.78 is 16.6. The summed E-state index contributed by atoms with van der Waals surface area (Å²) in [5.74, 6) is 0.264. The van der Waals surface area contributed by atoms with Crippen molar-refractivity contribution in [2.75, 3.05) is 13.7 Å². The third-order valence-corrected chi connectivity index (χ3v) is 3.07. The van der Waals surface area contributed by atoms with Gasteiger partial charge in [-0.2, -0.15) is 0 Å². The van der Waals surface area contributed by atoms with E-state index in [1.807, 2.05) is 0 Å². The summed E-state index contributed by atoms with van der Waals surface area (Å²) in [7, 11) is 1.61. The van der Waals surface area contributed by atoms with Crippen molar-refractivity contribution in [2.24, 2.45) is 5.92 Å². The average Bonchev–Trinajstić information content (AvgIpc) is 2.57. The largest absolute Gasteiger partial charge is 0.394 e. The molecule has 4 heteroatoms. The number of aliphatic hydroxyl groups excluding tert-OH is 1. The second-order valence-corrected chi connectivity index (χ2v) is 4.67. The maximum Gasteiger partial charge on any atom is 0.184 e. The molecule has 2 saturated heterocycles. The summed E-state index contributed by atoms with van der Waals surface area (Å²) >= 11 is 0. The van der Waals surface area contributed by atoms with Gasteiger partial charge in [0.2, 0.25) is 0 Å². The molecule has 2 fully saturated rings. The van der Waals surface area contributed by atoms with Crippen LogP contribution in [-0.4, -0.2) is 42.9 Å². The van der Waals surface area contributed by atoms with E-state index in [9.17, 15) is 0 Å². The number of ether oxygens (including phenoxy) is 3. The molecule has 2 aliphatic rings. The zero-order valence-corrected chi connectivity index (χ0v) is 8.90. The Bertz CT molecular complexity index is 196.